The Labute approximate surface area is 188 Å². The zero-order chi connectivity index (χ0) is 23.3. The highest BCUT2D eigenvalue weighted by atomic mass is 16.5. The summed E-state index contributed by atoms with van der Waals surface area (Å²) in [5, 5.41) is 6.84. The molecule has 1 N–H and O–H groups in total. The van der Waals surface area contributed by atoms with Crippen LogP contribution in [-0.2, 0) is 16.0 Å². The Morgan fingerprint density at radius 1 is 1.06 bits per heavy atom. The van der Waals surface area contributed by atoms with E-state index < -0.39 is 6.04 Å². The topological polar surface area (TPSA) is 95.8 Å². The average Bonchev–Trinajstić information content (AvgIpc) is 3.14. The van der Waals surface area contributed by atoms with Gasteiger partial charge in [-0.3, -0.25) is 14.4 Å². The fourth-order valence-electron chi connectivity index (χ4n) is 3.89. The van der Waals surface area contributed by atoms with Crippen molar-refractivity contribution in [2.45, 2.75) is 46.6 Å². The first-order valence-electron chi connectivity index (χ1n) is 11.2. The first-order chi connectivity index (χ1) is 15.3. The number of hydrogen-bond acceptors (Lipinski definition) is 5. The van der Waals surface area contributed by atoms with Gasteiger partial charge in [0.2, 0.25) is 11.8 Å². The summed E-state index contributed by atoms with van der Waals surface area (Å²) in [6.45, 7) is 9.43. The first kappa shape index (κ1) is 23.5. The predicted octanol–water partition coefficient (Wildman–Crippen LogP) is 2.35. The van der Waals surface area contributed by atoms with Gasteiger partial charge in [0.1, 0.15) is 11.8 Å². The van der Waals surface area contributed by atoms with E-state index >= 15 is 0 Å². The number of aryl methyl sites for hydroxylation is 2. The minimum atomic E-state index is -0.600. The second-order valence-electron chi connectivity index (χ2n) is 8.39. The fraction of sp³-hybridized carbons (Fsp3) is 0.500. The zero-order valence-corrected chi connectivity index (χ0v) is 19.3. The van der Waals surface area contributed by atoms with Gasteiger partial charge in [0.25, 0.3) is 5.91 Å². The number of piperazine rings is 1. The van der Waals surface area contributed by atoms with Crippen LogP contribution in [0.2, 0.25) is 0 Å². The monoisotopic (exact) mass is 440 g/mol. The SMILES string of the molecule is CCC(C)C(NC(=O)c1ccccc1)C(=O)N1CCN(C(=O)Cc2c(C)noc2C)CC1. The molecule has 2 aromatic rings. The molecule has 1 aliphatic rings. The highest BCUT2D eigenvalue weighted by molar-refractivity contribution is 5.97. The summed E-state index contributed by atoms with van der Waals surface area (Å²) in [5.41, 5.74) is 2.09. The molecular formula is C24H32N4O4. The summed E-state index contributed by atoms with van der Waals surface area (Å²) in [7, 11) is 0. The number of benzene rings is 1. The first-order valence-corrected chi connectivity index (χ1v) is 11.2. The second kappa shape index (κ2) is 10.4. The number of rotatable bonds is 7. The molecule has 0 radical (unpaired) electrons. The molecule has 2 atom stereocenters. The van der Waals surface area contributed by atoms with Crippen molar-refractivity contribution in [1.82, 2.24) is 20.3 Å². The molecule has 172 valence electrons. The van der Waals surface area contributed by atoms with Crippen LogP contribution in [0.5, 0.6) is 0 Å². The molecule has 1 aliphatic heterocycles. The molecule has 32 heavy (non-hydrogen) atoms. The predicted molar refractivity (Wildman–Crippen MR) is 120 cm³/mol. The van der Waals surface area contributed by atoms with E-state index in [9.17, 15) is 14.4 Å². The molecule has 1 aromatic heterocycles. The van der Waals surface area contributed by atoms with Gasteiger partial charge in [-0.25, -0.2) is 0 Å². The van der Waals surface area contributed by atoms with E-state index in [1.54, 1.807) is 41.0 Å². The van der Waals surface area contributed by atoms with E-state index in [1.165, 1.54) is 0 Å². The molecule has 3 amide bonds. The molecule has 8 heteroatoms. The van der Waals surface area contributed by atoms with Crippen molar-refractivity contribution >= 4 is 17.7 Å². The lowest BCUT2D eigenvalue weighted by Gasteiger charge is -2.37. The van der Waals surface area contributed by atoms with Gasteiger partial charge in [0.15, 0.2) is 0 Å². The Morgan fingerprint density at radius 2 is 1.69 bits per heavy atom. The summed E-state index contributed by atoms with van der Waals surface area (Å²) in [6, 6.07) is 8.31. The van der Waals surface area contributed by atoms with Crippen LogP contribution < -0.4 is 5.32 Å². The fourth-order valence-corrected chi connectivity index (χ4v) is 3.89. The number of carbonyl (C=O) groups is 3. The Bertz CT molecular complexity index is 929. The van der Waals surface area contributed by atoms with Gasteiger partial charge < -0.3 is 19.6 Å². The standard InChI is InChI=1S/C24H32N4O4/c1-5-16(2)22(25-23(30)19-9-7-6-8-10-19)24(31)28-13-11-27(12-14-28)21(29)15-20-17(3)26-32-18(20)4/h6-10,16,22H,5,11-15H2,1-4H3,(H,25,30). The molecule has 2 heterocycles. The van der Waals surface area contributed by atoms with Crippen LogP contribution in [-0.4, -0.2) is 64.9 Å². The smallest absolute Gasteiger partial charge is 0.251 e. The molecule has 0 spiro atoms. The maximum Gasteiger partial charge on any atom is 0.251 e. The number of hydrogen-bond donors (Lipinski definition) is 1. The van der Waals surface area contributed by atoms with Crippen molar-refractivity contribution in [1.29, 1.82) is 0 Å². The van der Waals surface area contributed by atoms with Crippen LogP contribution >= 0.6 is 0 Å². The third-order valence-electron chi connectivity index (χ3n) is 6.25. The lowest BCUT2D eigenvalue weighted by Crippen LogP contribution is -2.57. The molecule has 3 rings (SSSR count). The normalized spacial score (nSPS) is 15.9. The molecule has 1 fully saturated rings. The van der Waals surface area contributed by atoms with Gasteiger partial charge in [0.05, 0.1) is 12.1 Å². The minimum absolute atomic E-state index is 0.00218. The Balaban J connectivity index is 1.60. The lowest BCUT2D eigenvalue weighted by molar-refractivity contribution is -0.141. The van der Waals surface area contributed by atoms with Gasteiger partial charge in [0, 0.05) is 37.3 Å². The van der Waals surface area contributed by atoms with Crippen molar-refractivity contribution < 1.29 is 18.9 Å². The molecule has 1 aromatic carbocycles. The molecule has 0 aliphatic carbocycles. The summed E-state index contributed by atoms with van der Waals surface area (Å²) in [6.07, 6.45) is 1.01. The van der Waals surface area contributed by atoms with Crippen LogP contribution in [0.3, 0.4) is 0 Å². The van der Waals surface area contributed by atoms with Crippen LogP contribution in [0.15, 0.2) is 34.9 Å². The van der Waals surface area contributed by atoms with Crippen molar-refractivity contribution in [3.05, 3.63) is 52.9 Å². The molecular weight excluding hydrogens is 408 g/mol. The van der Waals surface area contributed by atoms with Crippen LogP contribution in [0, 0.1) is 19.8 Å². The largest absolute Gasteiger partial charge is 0.361 e. The summed E-state index contributed by atoms with van der Waals surface area (Å²) >= 11 is 0. The van der Waals surface area contributed by atoms with E-state index in [0.29, 0.717) is 37.5 Å². The van der Waals surface area contributed by atoms with Crippen LogP contribution in [0.1, 0.15) is 47.6 Å². The number of amides is 3. The highest BCUT2D eigenvalue weighted by Gasteiger charge is 2.33. The number of aromatic nitrogens is 1. The van der Waals surface area contributed by atoms with E-state index in [0.717, 1.165) is 17.7 Å². The summed E-state index contributed by atoms with van der Waals surface area (Å²) in [5.74, 6) is 0.311. The van der Waals surface area contributed by atoms with Gasteiger partial charge in [-0.05, 0) is 31.9 Å². The minimum Gasteiger partial charge on any atom is -0.361 e. The third kappa shape index (κ3) is 5.36. The number of nitrogens with one attached hydrogen (secondary N) is 1. The van der Waals surface area contributed by atoms with Gasteiger partial charge in [-0.2, -0.15) is 0 Å². The number of nitrogens with zero attached hydrogens (tertiary/aromatic N) is 3. The van der Waals surface area contributed by atoms with Crippen molar-refractivity contribution in [2.75, 3.05) is 26.2 Å². The summed E-state index contributed by atoms with van der Waals surface area (Å²) in [4.78, 5) is 42.2. The van der Waals surface area contributed by atoms with E-state index in [1.807, 2.05) is 26.8 Å². The highest BCUT2D eigenvalue weighted by Crippen LogP contribution is 2.17. The van der Waals surface area contributed by atoms with E-state index in [4.69, 9.17) is 4.52 Å². The zero-order valence-electron chi connectivity index (χ0n) is 19.3. The molecule has 8 nitrogen and oxygen atoms in total. The molecule has 0 saturated carbocycles. The third-order valence-corrected chi connectivity index (χ3v) is 6.25. The second-order valence-corrected chi connectivity index (χ2v) is 8.39. The maximum absolute atomic E-state index is 13.3. The Kier molecular flexibility index (Phi) is 7.66. The van der Waals surface area contributed by atoms with Gasteiger partial charge >= 0.3 is 0 Å². The maximum atomic E-state index is 13.3. The quantitative estimate of drug-likeness (QED) is 0.713. The molecule has 0 bridgehead atoms. The average molecular weight is 441 g/mol. The number of carbonyl (C=O) groups excluding carboxylic acids is 3. The van der Waals surface area contributed by atoms with Crippen molar-refractivity contribution in [3.63, 3.8) is 0 Å². The van der Waals surface area contributed by atoms with Crippen molar-refractivity contribution in [2.24, 2.45) is 5.92 Å². The lowest BCUT2D eigenvalue weighted by atomic mass is 9.97. The van der Waals surface area contributed by atoms with E-state index in [2.05, 4.69) is 10.5 Å². The van der Waals surface area contributed by atoms with E-state index in [-0.39, 0.29) is 30.1 Å². The van der Waals surface area contributed by atoms with Gasteiger partial charge in [-0.1, -0.05) is 43.6 Å². The van der Waals surface area contributed by atoms with Crippen molar-refractivity contribution in [3.8, 4) is 0 Å². The molecule has 1 saturated heterocycles. The molecule has 2 unspecified atom stereocenters. The Morgan fingerprint density at radius 3 is 2.25 bits per heavy atom. The summed E-state index contributed by atoms with van der Waals surface area (Å²) < 4.78 is 5.15. The Hall–Kier alpha value is -3.16. The van der Waals surface area contributed by atoms with Crippen LogP contribution in [0.25, 0.3) is 0 Å². The van der Waals surface area contributed by atoms with Crippen LogP contribution in [0.4, 0.5) is 0 Å². The van der Waals surface area contributed by atoms with Gasteiger partial charge in [-0.15, -0.1) is 0 Å².